The van der Waals surface area contributed by atoms with E-state index in [1.165, 1.54) is 22.7 Å². The molecule has 0 spiro atoms. The summed E-state index contributed by atoms with van der Waals surface area (Å²) in [5, 5.41) is 3.88. The van der Waals surface area contributed by atoms with E-state index in [4.69, 9.17) is 4.18 Å². The van der Waals surface area contributed by atoms with Gasteiger partial charge >= 0.3 is 15.6 Å². The highest BCUT2D eigenvalue weighted by atomic mass is 32.2. The number of fused-ring (bicyclic) bond motifs is 1. The first kappa shape index (κ1) is 48.2. The van der Waals surface area contributed by atoms with Gasteiger partial charge in [0.25, 0.3) is 0 Å². The van der Waals surface area contributed by atoms with E-state index in [1.807, 2.05) is 12.2 Å². The molecule has 344 valence electrons. The molecule has 0 aromatic carbocycles. The van der Waals surface area contributed by atoms with Crippen LogP contribution in [-0.2, 0) is 14.3 Å². The molecule has 0 amide bonds. The van der Waals surface area contributed by atoms with Crippen molar-refractivity contribution in [1.82, 2.24) is 20.0 Å². The molecule has 11 heteroatoms. The molecule has 1 N–H and O–H groups in total. The van der Waals surface area contributed by atoms with E-state index in [9.17, 15) is 21.6 Å². The molecule has 1 aliphatic heterocycles. The van der Waals surface area contributed by atoms with Crippen LogP contribution < -0.4 is 5.32 Å². The largest absolute Gasteiger partial charge is 0.534 e. The summed E-state index contributed by atoms with van der Waals surface area (Å²) in [6.07, 6.45) is 33.6. The van der Waals surface area contributed by atoms with Crippen LogP contribution in [0.5, 0.6) is 0 Å². The zero-order chi connectivity index (χ0) is 45.6. The monoisotopic (exact) mass is 889 g/mol. The number of nitrogens with one attached hydrogen (secondary N) is 1. The van der Waals surface area contributed by atoms with Gasteiger partial charge in [-0.2, -0.15) is 21.6 Å². The number of likely N-dealkylation sites (N-methyl/N-ethyl adjacent to an activating group) is 1. The number of hydrogen-bond acceptors (Lipinski definition) is 7. The second kappa shape index (κ2) is 20.7. The van der Waals surface area contributed by atoms with E-state index in [0.717, 1.165) is 75.1 Å². The zero-order valence-corrected chi connectivity index (χ0v) is 39.7. The van der Waals surface area contributed by atoms with Crippen LogP contribution >= 0.6 is 0 Å². The second-order valence-electron chi connectivity index (χ2n) is 17.7. The Hall–Kier alpha value is -4.22. The van der Waals surface area contributed by atoms with Gasteiger partial charge in [0, 0.05) is 84.8 Å². The highest BCUT2D eigenvalue weighted by molar-refractivity contribution is 7.87. The summed E-state index contributed by atoms with van der Waals surface area (Å²) in [7, 11) is -5.96. The third kappa shape index (κ3) is 10.0. The van der Waals surface area contributed by atoms with E-state index in [2.05, 4.69) is 137 Å². The average Bonchev–Trinajstić information content (AvgIpc) is 3.58. The molecule has 7 nitrogen and oxygen atoms in total. The summed E-state index contributed by atoms with van der Waals surface area (Å²) in [5.41, 5.74) is 3.15. The molecule has 0 bridgehead atoms. The minimum atomic E-state index is -5.96. The standard InChI is InChI=1S/C52H71F3N4O3S/c1-10-19-36(8)56-44-30-32-45(57(12-3)13-4)41-24-17-23-40(49(41)44)35(7)27-28-38-21-16-22-39(51(38)62-63(60,61)52(53,54)55)29-31-47-43-26-18-25-42-46(58(14-5)15-6)33-34-48(50(42)43)59(47)37(9)20-11-2/h17-18,24-34,36-37,40,42,44,49-50,56H,7,10-16,19-23H2,1-6,8-9H3/b28-27+,39-29+,47-31+/t36?,37?,40?,42-,44?,49+,50?/m1/s1. The first-order valence-electron chi connectivity index (χ1n) is 23.6. The Morgan fingerprint density at radius 3 is 2.33 bits per heavy atom. The summed E-state index contributed by atoms with van der Waals surface area (Å²) in [6, 6.07) is 0.527. The van der Waals surface area contributed by atoms with Crippen LogP contribution in [0.15, 0.2) is 142 Å². The van der Waals surface area contributed by atoms with Crippen LogP contribution in [0.1, 0.15) is 107 Å². The molecule has 0 aromatic rings. The van der Waals surface area contributed by atoms with E-state index >= 15 is 0 Å². The van der Waals surface area contributed by atoms with Gasteiger partial charge < -0.3 is 24.2 Å². The normalized spacial score (nSPS) is 26.8. The Balaban J connectivity index is 1.40. The molecule has 6 rings (SSSR count). The number of rotatable bonds is 19. The van der Waals surface area contributed by atoms with Crippen molar-refractivity contribution >= 4 is 10.1 Å². The van der Waals surface area contributed by atoms with Crippen molar-refractivity contribution in [2.75, 3.05) is 26.2 Å². The maximum absolute atomic E-state index is 14.1. The van der Waals surface area contributed by atoms with Gasteiger partial charge in [-0.05, 0) is 133 Å². The minimum Gasteiger partial charge on any atom is -0.375 e. The van der Waals surface area contributed by atoms with E-state index in [0.29, 0.717) is 36.5 Å². The number of halogens is 3. The third-order valence-corrected chi connectivity index (χ3v) is 14.7. The first-order chi connectivity index (χ1) is 30.1. The fourth-order valence-corrected chi connectivity index (χ4v) is 11.2. The molecule has 6 aliphatic rings. The molecule has 1 saturated heterocycles. The number of likely N-dealkylation sites (tertiary alicyclic amines) is 1. The molecule has 63 heavy (non-hydrogen) atoms. The van der Waals surface area contributed by atoms with Crippen LogP contribution in [0.2, 0.25) is 0 Å². The molecule has 1 fully saturated rings. The smallest absolute Gasteiger partial charge is 0.375 e. The predicted molar refractivity (Wildman–Crippen MR) is 252 cm³/mol. The number of hydrogen-bond donors (Lipinski definition) is 1. The van der Waals surface area contributed by atoms with Crippen molar-refractivity contribution in [3.63, 3.8) is 0 Å². The van der Waals surface area contributed by atoms with Gasteiger partial charge in [0.1, 0.15) is 5.76 Å². The van der Waals surface area contributed by atoms with Gasteiger partial charge in [-0.25, -0.2) is 0 Å². The maximum Gasteiger partial charge on any atom is 0.534 e. The van der Waals surface area contributed by atoms with Gasteiger partial charge in [0.2, 0.25) is 0 Å². The molecule has 5 aliphatic carbocycles. The quantitative estimate of drug-likeness (QED) is 0.0787. The lowest BCUT2D eigenvalue weighted by Gasteiger charge is -2.42. The molecule has 1 heterocycles. The second-order valence-corrected chi connectivity index (χ2v) is 19.3. The summed E-state index contributed by atoms with van der Waals surface area (Å²) in [4.78, 5) is 7.15. The Morgan fingerprint density at radius 1 is 0.952 bits per heavy atom. The Morgan fingerprint density at radius 2 is 1.67 bits per heavy atom. The van der Waals surface area contributed by atoms with Crippen molar-refractivity contribution in [3.8, 4) is 0 Å². The zero-order valence-electron chi connectivity index (χ0n) is 38.8. The number of nitrogens with zero attached hydrogens (tertiary/aromatic N) is 3. The van der Waals surface area contributed by atoms with Crippen LogP contribution in [0.4, 0.5) is 13.2 Å². The summed E-state index contributed by atoms with van der Waals surface area (Å²) in [6.45, 7) is 25.6. The minimum absolute atomic E-state index is 0.00461. The number of alkyl halides is 3. The number of allylic oxidation sites excluding steroid dienone is 17. The van der Waals surface area contributed by atoms with Crippen molar-refractivity contribution in [3.05, 3.63) is 142 Å². The summed E-state index contributed by atoms with van der Waals surface area (Å²) >= 11 is 0. The van der Waals surface area contributed by atoms with Gasteiger partial charge in [-0.3, -0.25) is 0 Å². The molecule has 5 unspecified atom stereocenters. The van der Waals surface area contributed by atoms with Crippen LogP contribution in [0.3, 0.4) is 0 Å². The van der Waals surface area contributed by atoms with Crippen molar-refractivity contribution in [1.29, 1.82) is 0 Å². The Labute approximate surface area is 376 Å². The molecule has 0 saturated carbocycles. The summed E-state index contributed by atoms with van der Waals surface area (Å²) in [5.74, 6) is 0.0979. The SMILES string of the molecule is C=C(/C=C/C1=C(OS(=O)(=O)C(F)(F)F)C(=C/C=C2\C3=CC=C[C@@H]4C(N(CC)CC)=CC=C(C34)N2C(C)CCC)/CCC1)C1CC=CC2=C(N(CC)CC)C=CC(NC(C)CCC)[C@H]21. The predicted octanol–water partition coefficient (Wildman–Crippen LogP) is 12.1. The molecule has 7 atom stereocenters. The van der Waals surface area contributed by atoms with E-state index in [1.54, 1.807) is 12.2 Å². The Bertz CT molecular complexity index is 2170. The average molecular weight is 889 g/mol. The van der Waals surface area contributed by atoms with Gasteiger partial charge in [-0.1, -0.05) is 93.5 Å². The molecule has 0 radical (unpaired) electrons. The van der Waals surface area contributed by atoms with Crippen molar-refractivity contribution < 1.29 is 25.8 Å². The van der Waals surface area contributed by atoms with Crippen LogP contribution in [-0.4, -0.2) is 72.9 Å². The van der Waals surface area contributed by atoms with Crippen LogP contribution in [0, 0.1) is 23.7 Å². The Kier molecular flexibility index (Phi) is 15.9. The fraction of sp³-hybridized carbons (Fsp3) is 0.538. The molecular weight excluding hydrogens is 818 g/mol. The highest BCUT2D eigenvalue weighted by Crippen LogP contribution is 2.53. The third-order valence-electron chi connectivity index (χ3n) is 13.8. The summed E-state index contributed by atoms with van der Waals surface area (Å²) < 4.78 is 73.2. The van der Waals surface area contributed by atoms with E-state index in [-0.39, 0.29) is 41.5 Å². The topological polar surface area (TPSA) is 65.1 Å². The van der Waals surface area contributed by atoms with Crippen LogP contribution in [0.25, 0.3) is 0 Å². The fourth-order valence-electron chi connectivity index (χ4n) is 10.7. The molecular formula is C52H71F3N4O3S. The lowest BCUT2D eigenvalue weighted by atomic mass is 9.69. The lowest BCUT2D eigenvalue weighted by Crippen LogP contribution is -2.46. The highest BCUT2D eigenvalue weighted by Gasteiger charge is 2.50. The van der Waals surface area contributed by atoms with Gasteiger partial charge in [0.15, 0.2) is 0 Å². The van der Waals surface area contributed by atoms with Gasteiger partial charge in [-0.15, -0.1) is 0 Å². The van der Waals surface area contributed by atoms with Crippen molar-refractivity contribution in [2.24, 2.45) is 23.7 Å². The molecule has 0 aromatic heterocycles. The van der Waals surface area contributed by atoms with E-state index < -0.39 is 15.6 Å². The van der Waals surface area contributed by atoms with Gasteiger partial charge in [0.05, 0.1) is 0 Å². The maximum atomic E-state index is 14.1. The lowest BCUT2D eigenvalue weighted by molar-refractivity contribution is -0.0521. The first-order valence-corrected chi connectivity index (χ1v) is 25.0. The van der Waals surface area contributed by atoms with Crippen molar-refractivity contribution in [2.45, 2.75) is 130 Å².